The van der Waals surface area contributed by atoms with Gasteiger partial charge in [-0.1, -0.05) is 42.1 Å². The lowest BCUT2D eigenvalue weighted by Gasteiger charge is -2.23. The van der Waals surface area contributed by atoms with Gasteiger partial charge in [-0.05, 0) is 48.0 Å². The van der Waals surface area contributed by atoms with Gasteiger partial charge in [-0.2, -0.15) is 0 Å². The molecule has 2 N–H and O–H groups in total. The van der Waals surface area contributed by atoms with E-state index < -0.39 is 4.75 Å². The topological polar surface area (TPSA) is 50.4 Å². The summed E-state index contributed by atoms with van der Waals surface area (Å²) < 4.78 is 17.9. The van der Waals surface area contributed by atoms with Crippen molar-refractivity contribution in [2.45, 2.75) is 9.64 Å². The van der Waals surface area contributed by atoms with Crippen LogP contribution in [0.3, 0.4) is 0 Å². The predicted molar refractivity (Wildman–Crippen MR) is 114 cm³/mol. The van der Waals surface area contributed by atoms with E-state index in [-0.39, 0.29) is 11.7 Å². The van der Waals surface area contributed by atoms with Crippen LogP contribution in [0.4, 0.5) is 15.8 Å². The molecule has 2 aliphatic rings. The van der Waals surface area contributed by atoms with Gasteiger partial charge in [0.15, 0.2) is 0 Å². The first-order valence-corrected chi connectivity index (χ1v) is 9.94. The summed E-state index contributed by atoms with van der Waals surface area (Å²) in [5, 5.41) is 6.43. The number of nitrogens with one attached hydrogen (secondary N) is 2. The molecule has 0 bridgehead atoms. The van der Waals surface area contributed by atoms with Crippen LogP contribution in [-0.4, -0.2) is 13.0 Å². The molecule has 2 aliphatic heterocycles. The Hall–Kier alpha value is -3.25. The van der Waals surface area contributed by atoms with Gasteiger partial charge < -0.3 is 15.4 Å². The van der Waals surface area contributed by atoms with Gasteiger partial charge in [-0.15, -0.1) is 0 Å². The van der Waals surface area contributed by atoms with Crippen molar-refractivity contribution in [2.75, 3.05) is 17.7 Å². The smallest absolute Gasteiger partial charge is 0.249 e. The summed E-state index contributed by atoms with van der Waals surface area (Å²) in [6, 6.07) is 19.7. The minimum absolute atomic E-state index is 0.110. The summed E-state index contributed by atoms with van der Waals surface area (Å²) >= 11 is 1.46. The number of halogens is 1. The van der Waals surface area contributed by atoms with Crippen LogP contribution in [0.5, 0.6) is 5.75 Å². The van der Waals surface area contributed by atoms with Crippen LogP contribution >= 0.6 is 11.8 Å². The average Bonchev–Trinajstić information content (AvgIpc) is 2.89. The molecule has 0 saturated carbocycles. The largest absolute Gasteiger partial charge is 0.497 e. The van der Waals surface area contributed by atoms with Crippen LogP contribution in [0.1, 0.15) is 11.1 Å². The number of hydrogen-bond donors (Lipinski definition) is 2. The van der Waals surface area contributed by atoms with Crippen LogP contribution in [0.15, 0.2) is 77.7 Å². The van der Waals surface area contributed by atoms with Gasteiger partial charge in [0, 0.05) is 21.8 Å². The average molecular weight is 404 g/mol. The van der Waals surface area contributed by atoms with Crippen LogP contribution in [-0.2, 0) is 9.54 Å². The Morgan fingerprint density at radius 2 is 1.76 bits per heavy atom. The maximum absolute atomic E-state index is 13.5. The molecule has 3 aromatic carbocycles. The Kier molecular flexibility index (Phi) is 4.10. The number of amides is 1. The van der Waals surface area contributed by atoms with E-state index in [9.17, 15) is 9.18 Å². The second kappa shape index (κ2) is 6.67. The number of para-hydroxylation sites is 1. The molecule has 144 valence electrons. The number of carbonyl (C=O) groups excluding carboxylic acids is 1. The summed E-state index contributed by atoms with van der Waals surface area (Å²) in [6.07, 6.45) is 1.93. The molecule has 2 heterocycles. The van der Waals surface area contributed by atoms with E-state index in [2.05, 4.69) is 10.6 Å². The van der Waals surface area contributed by atoms with Crippen LogP contribution in [0.25, 0.3) is 5.70 Å². The third kappa shape index (κ3) is 2.87. The number of methoxy groups -OCH3 is 1. The quantitative estimate of drug-likeness (QED) is 0.613. The highest BCUT2D eigenvalue weighted by atomic mass is 32.2. The van der Waals surface area contributed by atoms with Crippen molar-refractivity contribution in [3.63, 3.8) is 0 Å². The molecule has 1 atom stereocenters. The molecular formula is C23H17FN2O2S. The Morgan fingerprint density at radius 1 is 0.966 bits per heavy atom. The molecular weight excluding hydrogens is 387 g/mol. The fraction of sp³-hybridized carbons (Fsp3) is 0.0870. The van der Waals surface area contributed by atoms with E-state index >= 15 is 0 Å². The summed E-state index contributed by atoms with van der Waals surface area (Å²) in [4.78, 5) is 14.2. The maximum atomic E-state index is 13.5. The minimum atomic E-state index is -0.953. The maximum Gasteiger partial charge on any atom is 0.249 e. The lowest BCUT2D eigenvalue weighted by atomic mass is 9.96. The Bertz CT molecular complexity index is 1160. The number of ether oxygens (including phenoxy) is 1. The van der Waals surface area contributed by atoms with Crippen molar-refractivity contribution in [3.05, 3.63) is 89.8 Å². The first kappa shape index (κ1) is 17.8. The normalized spacial score (nSPS) is 19.5. The van der Waals surface area contributed by atoms with Gasteiger partial charge in [0.05, 0.1) is 12.8 Å². The van der Waals surface area contributed by atoms with Crippen LogP contribution in [0.2, 0.25) is 0 Å². The number of hydrogen-bond acceptors (Lipinski definition) is 4. The molecule has 0 aromatic heterocycles. The highest BCUT2D eigenvalue weighted by Crippen LogP contribution is 2.54. The molecule has 3 aromatic rings. The molecule has 0 radical (unpaired) electrons. The van der Waals surface area contributed by atoms with E-state index in [1.54, 1.807) is 19.2 Å². The van der Waals surface area contributed by atoms with Crippen molar-refractivity contribution >= 4 is 34.7 Å². The van der Waals surface area contributed by atoms with Gasteiger partial charge in [-0.3, -0.25) is 4.79 Å². The van der Waals surface area contributed by atoms with E-state index in [1.807, 2.05) is 48.5 Å². The van der Waals surface area contributed by atoms with Crippen LogP contribution < -0.4 is 15.4 Å². The molecule has 1 unspecified atom stereocenters. The molecule has 29 heavy (non-hydrogen) atoms. The van der Waals surface area contributed by atoms with Gasteiger partial charge >= 0.3 is 0 Å². The van der Waals surface area contributed by atoms with E-state index in [0.717, 1.165) is 33.1 Å². The summed E-state index contributed by atoms with van der Waals surface area (Å²) in [6.45, 7) is 0. The first-order valence-electron chi connectivity index (χ1n) is 9.13. The molecule has 0 saturated heterocycles. The molecule has 0 aliphatic carbocycles. The van der Waals surface area contributed by atoms with Gasteiger partial charge in [0.2, 0.25) is 5.91 Å². The standard InChI is InChI=1S/C23H17FN2O2S/c1-28-16-10-11-19-21(12-16)29-23(17-4-2-3-5-18(17)26-22(23)27)13-20(25-19)14-6-8-15(24)9-7-14/h2-13,25H,1H3,(H,26,27). The van der Waals surface area contributed by atoms with Gasteiger partial charge in [0.1, 0.15) is 16.3 Å². The molecule has 1 spiro atoms. The zero-order valence-electron chi connectivity index (χ0n) is 15.5. The fourth-order valence-electron chi connectivity index (χ4n) is 3.69. The summed E-state index contributed by atoms with van der Waals surface area (Å²) in [7, 11) is 1.62. The summed E-state index contributed by atoms with van der Waals surface area (Å²) in [5.74, 6) is 0.298. The number of carbonyl (C=O) groups is 1. The van der Waals surface area contributed by atoms with Crippen LogP contribution in [0, 0.1) is 5.82 Å². The molecule has 6 heteroatoms. The minimum Gasteiger partial charge on any atom is -0.497 e. The van der Waals surface area contributed by atoms with Gasteiger partial charge in [-0.25, -0.2) is 4.39 Å². The van der Waals surface area contributed by atoms with E-state index in [1.165, 1.54) is 23.9 Å². The van der Waals surface area contributed by atoms with E-state index in [4.69, 9.17) is 4.74 Å². The second-order valence-corrected chi connectivity index (χ2v) is 8.18. The highest BCUT2D eigenvalue weighted by Gasteiger charge is 2.48. The lowest BCUT2D eigenvalue weighted by Crippen LogP contribution is -2.29. The molecule has 1 amide bonds. The molecule has 0 fully saturated rings. The number of benzene rings is 3. The van der Waals surface area contributed by atoms with E-state index in [0.29, 0.717) is 5.75 Å². The Balaban J connectivity index is 1.75. The van der Waals surface area contributed by atoms with Crippen molar-refractivity contribution in [1.82, 2.24) is 0 Å². The Morgan fingerprint density at radius 3 is 2.55 bits per heavy atom. The number of fused-ring (bicyclic) bond motifs is 3. The fourth-order valence-corrected chi connectivity index (χ4v) is 5.05. The lowest BCUT2D eigenvalue weighted by molar-refractivity contribution is -0.116. The van der Waals surface area contributed by atoms with Crippen molar-refractivity contribution in [2.24, 2.45) is 0 Å². The number of anilines is 2. The third-order valence-electron chi connectivity index (χ3n) is 5.14. The SMILES string of the molecule is COc1ccc2c(c1)SC1(C=C(c3ccc(F)cc3)N2)C(=O)Nc2ccccc21. The zero-order chi connectivity index (χ0) is 20.0. The highest BCUT2D eigenvalue weighted by molar-refractivity contribution is 8.01. The first-order chi connectivity index (χ1) is 14.1. The monoisotopic (exact) mass is 404 g/mol. The second-order valence-electron chi connectivity index (χ2n) is 6.89. The molecule has 5 rings (SSSR count). The van der Waals surface area contributed by atoms with Gasteiger partial charge in [0.25, 0.3) is 0 Å². The third-order valence-corrected chi connectivity index (χ3v) is 6.55. The zero-order valence-corrected chi connectivity index (χ0v) is 16.3. The van der Waals surface area contributed by atoms with Crippen molar-refractivity contribution in [3.8, 4) is 5.75 Å². The van der Waals surface area contributed by atoms with Crippen molar-refractivity contribution in [1.29, 1.82) is 0 Å². The number of rotatable bonds is 2. The molecule has 4 nitrogen and oxygen atoms in total. The predicted octanol–water partition coefficient (Wildman–Crippen LogP) is 5.24. The Labute approximate surface area is 171 Å². The van der Waals surface area contributed by atoms with Crippen molar-refractivity contribution < 1.29 is 13.9 Å². The summed E-state index contributed by atoms with van der Waals surface area (Å²) in [5.41, 5.74) is 4.10. The number of thioether (sulfide) groups is 1.